The molecule has 1 N–H and O–H groups in total. The Labute approximate surface area is 181 Å². The number of halogens is 2. The topological polar surface area (TPSA) is 75.3 Å². The van der Waals surface area contributed by atoms with Crippen molar-refractivity contribution in [2.45, 2.75) is 39.8 Å². The maximum Gasteiger partial charge on any atom is 0.256 e. The van der Waals surface area contributed by atoms with E-state index in [0.29, 0.717) is 34.9 Å². The van der Waals surface area contributed by atoms with Gasteiger partial charge in [-0.15, -0.1) is 11.3 Å². The van der Waals surface area contributed by atoms with Gasteiger partial charge in [-0.25, -0.2) is 4.98 Å². The third kappa shape index (κ3) is 3.52. The average molecular weight is 452 g/mol. The number of nitrogens with zero attached hydrogens (tertiary/aromatic N) is 2. The molecule has 1 amide bonds. The summed E-state index contributed by atoms with van der Waals surface area (Å²) in [5, 5.41) is 0.722. The Balaban J connectivity index is 1.74. The highest BCUT2D eigenvalue weighted by Crippen LogP contribution is 2.39. The molecule has 3 aromatic rings. The lowest BCUT2D eigenvalue weighted by atomic mass is 9.97. The highest BCUT2D eigenvalue weighted by atomic mass is 35.5. The minimum atomic E-state index is -0.259. The molecule has 4 rings (SSSR count). The van der Waals surface area contributed by atoms with E-state index >= 15 is 0 Å². The van der Waals surface area contributed by atoms with Gasteiger partial charge < -0.3 is 14.6 Å². The fourth-order valence-electron chi connectivity index (χ4n) is 3.57. The minimum Gasteiger partial charge on any atom is -0.489 e. The second-order valence-corrected chi connectivity index (χ2v) is 8.90. The number of thiazole rings is 1. The van der Waals surface area contributed by atoms with E-state index in [9.17, 15) is 9.59 Å². The number of hydrogen-bond donors (Lipinski definition) is 1. The number of nitrogens with one attached hydrogen (secondary N) is 1. The van der Waals surface area contributed by atoms with Crippen molar-refractivity contribution in [3.05, 3.63) is 54.4 Å². The number of fused-ring (bicyclic) bond motifs is 2. The molecule has 0 unspecified atom stereocenters. The van der Waals surface area contributed by atoms with Crippen LogP contribution in [0.4, 0.5) is 0 Å². The molecule has 0 spiro atoms. The number of benzene rings is 1. The fourth-order valence-corrected chi connectivity index (χ4v) is 5.04. The van der Waals surface area contributed by atoms with Crippen molar-refractivity contribution in [2.24, 2.45) is 0 Å². The molecule has 6 nitrogen and oxygen atoms in total. The standard InChI is InChI=1S/C20H19Cl2N3O3S/c1-9(2)28-14-6-13(21)11-4-5-25(20(27)15(11)16(14)22)7-12-18-17(23-8-29-18)10(3)24-19(12)26/h6,8-9H,4-5,7H2,1-3H3,(H,24,26). The minimum absolute atomic E-state index is 0.109. The number of hydrogen-bond acceptors (Lipinski definition) is 5. The Bertz CT molecular complexity index is 1190. The molecule has 29 heavy (non-hydrogen) atoms. The van der Waals surface area contributed by atoms with Crippen LogP contribution in [0.25, 0.3) is 10.2 Å². The number of aromatic nitrogens is 2. The van der Waals surface area contributed by atoms with Gasteiger partial charge in [-0.1, -0.05) is 23.2 Å². The Kier molecular flexibility index (Phi) is 5.31. The van der Waals surface area contributed by atoms with Crippen molar-refractivity contribution in [2.75, 3.05) is 6.54 Å². The molecule has 2 aromatic heterocycles. The van der Waals surface area contributed by atoms with Gasteiger partial charge >= 0.3 is 0 Å². The first kappa shape index (κ1) is 20.2. The zero-order chi connectivity index (χ0) is 20.9. The predicted octanol–water partition coefficient (Wildman–Crippen LogP) is 4.59. The van der Waals surface area contributed by atoms with Crippen LogP contribution in [0.5, 0.6) is 5.75 Å². The van der Waals surface area contributed by atoms with Crippen molar-refractivity contribution in [3.63, 3.8) is 0 Å². The molecule has 0 atom stereocenters. The summed E-state index contributed by atoms with van der Waals surface area (Å²) in [5.74, 6) is 0.128. The summed E-state index contributed by atoms with van der Waals surface area (Å²) in [5.41, 5.74) is 4.56. The summed E-state index contributed by atoms with van der Waals surface area (Å²) in [4.78, 5) is 34.7. The second-order valence-electron chi connectivity index (χ2n) is 7.26. The smallest absolute Gasteiger partial charge is 0.256 e. The number of aryl methyl sites for hydroxylation is 1. The molecule has 152 valence electrons. The highest BCUT2D eigenvalue weighted by Gasteiger charge is 2.31. The van der Waals surface area contributed by atoms with E-state index in [1.165, 1.54) is 11.3 Å². The summed E-state index contributed by atoms with van der Waals surface area (Å²) in [7, 11) is 0. The van der Waals surface area contributed by atoms with Gasteiger partial charge in [0, 0.05) is 23.3 Å². The number of ether oxygens (including phenoxy) is 1. The number of amides is 1. The number of aromatic amines is 1. The summed E-state index contributed by atoms with van der Waals surface area (Å²) in [6.45, 7) is 6.19. The number of carbonyl (C=O) groups is 1. The normalized spacial score (nSPS) is 14.0. The largest absolute Gasteiger partial charge is 0.489 e. The molecule has 0 saturated heterocycles. The molecule has 3 heterocycles. The van der Waals surface area contributed by atoms with Crippen molar-refractivity contribution in [3.8, 4) is 5.75 Å². The van der Waals surface area contributed by atoms with Crippen LogP contribution in [0, 0.1) is 6.92 Å². The first-order valence-corrected chi connectivity index (χ1v) is 10.8. The van der Waals surface area contributed by atoms with Gasteiger partial charge in [-0.05, 0) is 32.8 Å². The lowest BCUT2D eigenvalue weighted by Crippen LogP contribution is -2.39. The second kappa shape index (κ2) is 7.63. The molecular formula is C20H19Cl2N3O3S. The summed E-state index contributed by atoms with van der Waals surface area (Å²) < 4.78 is 6.52. The van der Waals surface area contributed by atoms with Gasteiger partial charge in [0.05, 0.1) is 39.0 Å². The summed E-state index contributed by atoms with van der Waals surface area (Å²) in [6, 6.07) is 1.66. The number of carbonyl (C=O) groups excluding carboxylic acids is 1. The van der Waals surface area contributed by atoms with Crippen LogP contribution < -0.4 is 10.3 Å². The molecule has 1 aliphatic heterocycles. The number of pyridine rings is 1. The zero-order valence-electron chi connectivity index (χ0n) is 16.1. The number of H-pyrrole nitrogens is 1. The van der Waals surface area contributed by atoms with Crippen molar-refractivity contribution in [1.82, 2.24) is 14.9 Å². The van der Waals surface area contributed by atoms with Crippen LogP contribution in [-0.2, 0) is 13.0 Å². The van der Waals surface area contributed by atoms with E-state index in [2.05, 4.69) is 9.97 Å². The van der Waals surface area contributed by atoms with E-state index in [1.54, 1.807) is 16.5 Å². The van der Waals surface area contributed by atoms with Crippen molar-refractivity contribution < 1.29 is 9.53 Å². The van der Waals surface area contributed by atoms with E-state index in [1.807, 2.05) is 20.8 Å². The lowest BCUT2D eigenvalue weighted by Gasteiger charge is -2.30. The molecule has 0 aliphatic carbocycles. The third-order valence-corrected chi connectivity index (χ3v) is 6.50. The van der Waals surface area contributed by atoms with E-state index in [0.717, 1.165) is 21.5 Å². The maximum atomic E-state index is 13.3. The van der Waals surface area contributed by atoms with Crippen LogP contribution in [0.2, 0.25) is 10.0 Å². The Morgan fingerprint density at radius 1 is 1.34 bits per heavy atom. The van der Waals surface area contributed by atoms with Crippen LogP contribution in [0.15, 0.2) is 16.4 Å². The van der Waals surface area contributed by atoms with Crippen LogP contribution in [0.1, 0.15) is 41.0 Å². The number of rotatable bonds is 4. The quantitative estimate of drug-likeness (QED) is 0.629. The molecule has 0 saturated carbocycles. The molecule has 9 heteroatoms. The van der Waals surface area contributed by atoms with E-state index in [4.69, 9.17) is 27.9 Å². The summed E-state index contributed by atoms with van der Waals surface area (Å²) >= 11 is 14.3. The van der Waals surface area contributed by atoms with Gasteiger partial charge in [0.1, 0.15) is 11.3 Å². The predicted molar refractivity (Wildman–Crippen MR) is 116 cm³/mol. The van der Waals surface area contributed by atoms with E-state index in [-0.39, 0.29) is 29.1 Å². The average Bonchev–Trinajstić information content (AvgIpc) is 3.14. The Hall–Kier alpha value is -2.09. The van der Waals surface area contributed by atoms with Crippen molar-refractivity contribution >= 4 is 50.7 Å². The first-order valence-electron chi connectivity index (χ1n) is 9.19. The van der Waals surface area contributed by atoms with Gasteiger partial charge in [0.15, 0.2) is 0 Å². The van der Waals surface area contributed by atoms with Crippen LogP contribution in [-0.4, -0.2) is 33.4 Å². The van der Waals surface area contributed by atoms with E-state index < -0.39 is 0 Å². The molecule has 1 aliphatic rings. The Morgan fingerprint density at radius 3 is 2.83 bits per heavy atom. The highest BCUT2D eigenvalue weighted by molar-refractivity contribution is 7.17. The first-order chi connectivity index (χ1) is 13.8. The van der Waals surface area contributed by atoms with Gasteiger partial charge in [0.25, 0.3) is 11.5 Å². The monoisotopic (exact) mass is 451 g/mol. The molecular weight excluding hydrogens is 433 g/mol. The fraction of sp³-hybridized carbons (Fsp3) is 0.350. The third-order valence-electron chi connectivity index (χ3n) is 4.90. The van der Waals surface area contributed by atoms with Gasteiger partial charge in [-0.2, -0.15) is 0 Å². The zero-order valence-corrected chi connectivity index (χ0v) is 18.5. The van der Waals surface area contributed by atoms with Crippen LogP contribution in [0.3, 0.4) is 0 Å². The maximum absolute atomic E-state index is 13.3. The Morgan fingerprint density at radius 2 is 2.10 bits per heavy atom. The lowest BCUT2D eigenvalue weighted by molar-refractivity contribution is 0.0726. The van der Waals surface area contributed by atoms with Gasteiger partial charge in [0.2, 0.25) is 0 Å². The summed E-state index contributed by atoms with van der Waals surface area (Å²) in [6.07, 6.45) is 0.444. The molecule has 1 aromatic carbocycles. The van der Waals surface area contributed by atoms with Gasteiger partial charge in [-0.3, -0.25) is 9.59 Å². The SMILES string of the molecule is Cc1[nH]c(=O)c(CN2CCc3c(Cl)cc(OC(C)C)c(Cl)c3C2=O)c2scnc12. The molecule has 0 fully saturated rings. The van der Waals surface area contributed by atoms with Crippen LogP contribution >= 0.6 is 34.5 Å². The van der Waals surface area contributed by atoms with Crippen molar-refractivity contribution in [1.29, 1.82) is 0 Å². The molecule has 0 radical (unpaired) electrons. The molecule has 0 bridgehead atoms.